The van der Waals surface area contributed by atoms with E-state index >= 15 is 0 Å². The van der Waals surface area contributed by atoms with E-state index in [1.165, 1.54) is 5.56 Å². The van der Waals surface area contributed by atoms with Crippen molar-refractivity contribution in [3.05, 3.63) is 53.3 Å². The lowest BCUT2D eigenvalue weighted by atomic mass is 10.1. The van der Waals surface area contributed by atoms with Crippen molar-refractivity contribution in [1.29, 1.82) is 0 Å². The summed E-state index contributed by atoms with van der Waals surface area (Å²) in [6.45, 7) is 2.13. The maximum absolute atomic E-state index is 9.22. The maximum atomic E-state index is 9.22. The second-order valence-electron chi connectivity index (χ2n) is 4.62. The zero-order valence-corrected chi connectivity index (χ0v) is 11.6. The summed E-state index contributed by atoms with van der Waals surface area (Å²) in [5.74, 6) is 0.308. The van der Waals surface area contributed by atoms with E-state index in [4.69, 9.17) is 11.6 Å². The first-order chi connectivity index (χ1) is 9.13. The van der Waals surface area contributed by atoms with E-state index in [0.717, 1.165) is 18.5 Å². The van der Waals surface area contributed by atoms with Crippen LogP contribution in [0.25, 0.3) is 0 Å². The van der Waals surface area contributed by atoms with Crippen LogP contribution < -0.4 is 5.32 Å². The fraction of sp³-hybridized carbons (Fsp3) is 0.267. The number of aromatic hydroxyl groups is 1. The second kappa shape index (κ2) is 6.43. The molecule has 1 aromatic carbocycles. The number of halogens is 1. The lowest BCUT2D eigenvalue weighted by Gasteiger charge is -2.15. The summed E-state index contributed by atoms with van der Waals surface area (Å²) in [6, 6.07) is 11.4. The van der Waals surface area contributed by atoms with Gasteiger partial charge in [0.2, 0.25) is 0 Å². The molecule has 0 aliphatic heterocycles. The second-order valence-corrected chi connectivity index (χ2v) is 5.01. The Balaban J connectivity index is 1.82. The van der Waals surface area contributed by atoms with Crippen LogP contribution in [0.5, 0.6) is 5.75 Å². The molecule has 2 rings (SSSR count). The molecule has 0 spiro atoms. The standard InChI is InChI=1S/C15H17ClN2O/c1-11(18-13-6-9-15(16)17-10-13)2-3-12-4-7-14(19)8-5-12/h4-11,18-19H,2-3H2,1H3. The smallest absolute Gasteiger partial charge is 0.129 e. The van der Waals surface area contributed by atoms with Crippen LogP contribution in [0.15, 0.2) is 42.6 Å². The van der Waals surface area contributed by atoms with E-state index in [0.29, 0.717) is 16.9 Å². The molecular formula is C15H17ClN2O. The molecule has 2 aromatic rings. The summed E-state index contributed by atoms with van der Waals surface area (Å²) in [5.41, 5.74) is 2.20. The molecule has 1 atom stereocenters. The number of rotatable bonds is 5. The first-order valence-electron chi connectivity index (χ1n) is 6.29. The number of phenols is 1. The molecule has 1 unspecified atom stereocenters. The Morgan fingerprint density at radius 1 is 1.21 bits per heavy atom. The molecule has 1 aromatic heterocycles. The van der Waals surface area contributed by atoms with Crippen LogP contribution in [0.1, 0.15) is 18.9 Å². The lowest BCUT2D eigenvalue weighted by molar-refractivity contribution is 0.475. The minimum Gasteiger partial charge on any atom is -0.508 e. The number of aryl methyl sites for hydroxylation is 1. The zero-order chi connectivity index (χ0) is 13.7. The highest BCUT2D eigenvalue weighted by atomic mass is 35.5. The number of hydrogen-bond donors (Lipinski definition) is 2. The number of hydrogen-bond acceptors (Lipinski definition) is 3. The van der Waals surface area contributed by atoms with Crippen LogP contribution in [0, 0.1) is 0 Å². The van der Waals surface area contributed by atoms with Crippen molar-refractivity contribution in [3.8, 4) is 5.75 Å². The number of nitrogens with one attached hydrogen (secondary N) is 1. The average Bonchev–Trinajstić information content (AvgIpc) is 2.41. The minimum absolute atomic E-state index is 0.308. The molecule has 0 aliphatic carbocycles. The highest BCUT2D eigenvalue weighted by molar-refractivity contribution is 6.29. The molecule has 0 saturated heterocycles. The van der Waals surface area contributed by atoms with Crippen LogP contribution in [-0.4, -0.2) is 16.1 Å². The van der Waals surface area contributed by atoms with Crippen molar-refractivity contribution in [1.82, 2.24) is 4.98 Å². The first kappa shape index (κ1) is 13.7. The molecule has 0 aliphatic rings. The quantitative estimate of drug-likeness (QED) is 0.815. The summed E-state index contributed by atoms with van der Waals surface area (Å²) < 4.78 is 0. The molecule has 2 N–H and O–H groups in total. The molecule has 19 heavy (non-hydrogen) atoms. The molecule has 0 radical (unpaired) electrons. The Bertz CT molecular complexity index is 511. The highest BCUT2D eigenvalue weighted by Gasteiger charge is 2.03. The number of nitrogens with zero attached hydrogens (tertiary/aromatic N) is 1. The fourth-order valence-electron chi connectivity index (χ4n) is 1.86. The Labute approximate surface area is 118 Å². The predicted octanol–water partition coefficient (Wildman–Crippen LogP) is 3.87. The summed E-state index contributed by atoms with van der Waals surface area (Å²) in [7, 11) is 0. The molecule has 100 valence electrons. The first-order valence-corrected chi connectivity index (χ1v) is 6.67. The fourth-order valence-corrected chi connectivity index (χ4v) is 1.98. The van der Waals surface area contributed by atoms with Crippen molar-refractivity contribution in [2.45, 2.75) is 25.8 Å². The van der Waals surface area contributed by atoms with Gasteiger partial charge < -0.3 is 10.4 Å². The molecule has 0 amide bonds. The lowest BCUT2D eigenvalue weighted by Crippen LogP contribution is -2.16. The van der Waals surface area contributed by atoms with Gasteiger partial charge >= 0.3 is 0 Å². The van der Waals surface area contributed by atoms with Gasteiger partial charge in [0.1, 0.15) is 10.9 Å². The number of anilines is 1. The molecule has 0 fully saturated rings. The van der Waals surface area contributed by atoms with Crippen molar-refractivity contribution < 1.29 is 5.11 Å². The Kier molecular flexibility index (Phi) is 4.63. The van der Waals surface area contributed by atoms with Crippen LogP contribution in [-0.2, 0) is 6.42 Å². The Morgan fingerprint density at radius 2 is 1.95 bits per heavy atom. The van der Waals surface area contributed by atoms with Gasteiger partial charge in [-0.1, -0.05) is 23.7 Å². The normalized spacial score (nSPS) is 12.1. The topological polar surface area (TPSA) is 45.1 Å². The van der Waals surface area contributed by atoms with Gasteiger partial charge in [0, 0.05) is 6.04 Å². The van der Waals surface area contributed by atoms with Crippen LogP contribution in [0.2, 0.25) is 5.15 Å². The number of pyridine rings is 1. The van der Waals surface area contributed by atoms with Crippen LogP contribution in [0.4, 0.5) is 5.69 Å². The summed E-state index contributed by atoms with van der Waals surface area (Å²) in [4.78, 5) is 4.04. The largest absolute Gasteiger partial charge is 0.508 e. The molecule has 1 heterocycles. The molecule has 4 heteroatoms. The van der Waals surface area contributed by atoms with E-state index in [2.05, 4.69) is 17.2 Å². The minimum atomic E-state index is 0.308. The van der Waals surface area contributed by atoms with E-state index in [-0.39, 0.29) is 0 Å². The summed E-state index contributed by atoms with van der Waals surface area (Å²) >= 11 is 5.74. The predicted molar refractivity (Wildman–Crippen MR) is 78.8 cm³/mol. The Morgan fingerprint density at radius 3 is 2.58 bits per heavy atom. The van der Waals surface area contributed by atoms with Gasteiger partial charge in [-0.15, -0.1) is 0 Å². The third-order valence-corrected chi connectivity index (χ3v) is 3.17. The van der Waals surface area contributed by atoms with Crippen molar-refractivity contribution in [2.75, 3.05) is 5.32 Å². The number of benzene rings is 1. The zero-order valence-electron chi connectivity index (χ0n) is 10.8. The van der Waals surface area contributed by atoms with E-state index in [1.807, 2.05) is 18.2 Å². The monoisotopic (exact) mass is 276 g/mol. The summed E-state index contributed by atoms with van der Waals surface area (Å²) in [5, 5.41) is 13.1. The molecule has 0 bridgehead atoms. The van der Waals surface area contributed by atoms with E-state index in [9.17, 15) is 5.11 Å². The summed E-state index contributed by atoms with van der Waals surface area (Å²) in [6.07, 6.45) is 3.71. The van der Waals surface area contributed by atoms with Gasteiger partial charge in [-0.25, -0.2) is 4.98 Å². The van der Waals surface area contributed by atoms with Gasteiger partial charge in [-0.05, 0) is 49.6 Å². The Hall–Kier alpha value is -1.74. The van der Waals surface area contributed by atoms with E-state index < -0.39 is 0 Å². The van der Waals surface area contributed by atoms with Gasteiger partial charge in [0.05, 0.1) is 11.9 Å². The average molecular weight is 277 g/mol. The van der Waals surface area contributed by atoms with Crippen LogP contribution >= 0.6 is 11.6 Å². The molecular weight excluding hydrogens is 260 g/mol. The number of phenolic OH excluding ortho intramolecular Hbond substituents is 1. The van der Waals surface area contributed by atoms with Crippen molar-refractivity contribution in [3.63, 3.8) is 0 Å². The SMILES string of the molecule is CC(CCc1ccc(O)cc1)Nc1ccc(Cl)nc1. The third-order valence-electron chi connectivity index (χ3n) is 2.94. The molecule has 3 nitrogen and oxygen atoms in total. The van der Waals surface area contributed by atoms with Gasteiger partial charge in [0.15, 0.2) is 0 Å². The van der Waals surface area contributed by atoms with Crippen molar-refractivity contribution in [2.24, 2.45) is 0 Å². The van der Waals surface area contributed by atoms with E-state index in [1.54, 1.807) is 24.4 Å². The van der Waals surface area contributed by atoms with Crippen molar-refractivity contribution >= 4 is 17.3 Å². The third kappa shape index (κ3) is 4.45. The van der Waals surface area contributed by atoms with Crippen LogP contribution in [0.3, 0.4) is 0 Å². The maximum Gasteiger partial charge on any atom is 0.129 e. The number of aromatic nitrogens is 1. The molecule has 0 saturated carbocycles. The van der Waals surface area contributed by atoms with Gasteiger partial charge in [-0.2, -0.15) is 0 Å². The highest BCUT2D eigenvalue weighted by Crippen LogP contribution is 2.15. The van der Waals surface area contributed by atoms with Gasteiger partial charge in [0.25, 0.3) is 0 Å². The van der Waals surface area contributed by atoms with Gasteiger partial charge in [-0.3, -0.25) is 0 Å².